The van der Waals surface area contributed by atoms with E-state index in [4.69, 9.17) is 28.1 Å². The number of rotatable bonds is 8. The third-order valence-electron chi connectivity index (χ3n) is 6.39. The monoisotopic (exact) mass is 504 g/mol. The summed E-state index contributed by atoms with van der Waals surface area (Å²) in [5.41, 5.74) is 1.89. The molecule has 11 heteroatoms. The van der Waals surface area contributed by atoms with Gasteiger partial charge >= 0.3 is 0 Å². The van der Waals surface area contributed by atoms with Crippen LogP contribution in [0.4, 0.5) is 0 Å². The van der Waals surface area contributed by atoms with Crippen LogP contribution in [0.1, 0.15) is 18.1 Å². The molecule has 1 aromatic heterocycles. The molecule has 2 aromatic carbocycles. The number of furan rings is 1. The molecule has 3 heterocycles. The lowest BCUT2D eigenvalue weighted by molar-refractivity contribution is -0.301. The highest BCUT2D eigenvalue weighted by molar-refractivity contribution is 5.88. The van der Waals surface area contributed by atoms with E-state index in [2.05, 4.69) is 0 Å². The average molecular weight is 504 g/mol. The maximum Gasteiger partial charge on any atom is 0.231 e. The maximum absolute atomic E-state index is 10.8. The van der Waals surface area contributed by atoms with Crippen LogP contribution in [-0.2, 0) is 9.47 Å². The quantitative estimate of drug-likeness (QED) is 0.299. The van der Waals surface area contributed by atoms with Crippen LogP contribution in [-0.4, -0.2) is 83.4 Å². The first-order valence-corrected chi connectivity index (χ1v) is 11.5. The Labute approximate surface area is 206 Å². The standard InChI is InChI=1S/C25H28O11/c1-31-19-8-13(15(27)4-5-32-25-23(30)22(29)21(28)20(10-26)36-25)6-14-9-17(35-24(14)19)12-2-3-16-18(7-12)34-11-33-16/h2-3,6-9,15,20-23,25-30H,4-5,10-11H2,1H3/t15-,20+,21-,22-,23+,25-/m1/s1. The van der Waals surface area contributed by atoms with Gasteiger partial charge in [0.15, 0.2) is 29.1 Å². The number of hydrogen-bond donors (Lipinski definition) is 5. The second-order valence-electron chi connectivity index (χ2n) is 8.69. The highest BCUT2D eigenvalue weighted by Crippen LogP contribution is 2.40. The molecule has 0 radical (unpaired) electrons. The number of aliphatic hydroxyl groups is 5. The van der Waals surface area contributed by atoms with E-state index < -0.39 is 43.4 Å². The molecule has 1 fully saturated rings. The van der Waals surface area contributed by atoms with Crippen LogP contribution in [0.15, 0.2) is 40.8 Å². The summed E-state index contributed by atoms with van der Waals surface area (Å²) in [6, 6.07) is 10.8. The minimum Gasteiger partial charge on any atom is -0.493 e. The predicted octanol–water partition coefficient (Wildman–Crippen LogP) is 1.08. The van der Waals surface area contributed by atoms with Crippen molar-refractivity contribution in [2.45, 2.75) is 43.2 Å². The lowest BCUT2D eigenvalue weighted by Gasteiger charge is -2.39. The summed E-state index contributed by atoms with van der Waals surface area (Å²) >= 11 is 0. The zero-order valence-corrected chi connectivity index (χ0v) is 19.4. The summed E-state index contributed by atoms with van der Waals surface area (Å²) < 4.78 is 33.2. The van der Waals surface area contributed by atoms with E-state index in [1.807, 2.05) is 24.3 Å². The Balaban J connectivity index is 1.29. The first-order chi connectivity index (χ1) is 17.4. The summed E-state index contributed by atoms with van der Waals surface area (Å²) in [7, 11) is 1.51. The van der Waals surface area contributed by atoms with Crippen molar-refractivity contribution >= 4 is 11.0 Å². The Morgan fingerprint density at radius 1 is 1.00 bits per heavy atom. The topological polar surface area (TPSA) is 160 Å². The van der Waals surface area contributed by atoms with Gasteiger partial charge in [0.25, 0.3) is 0 Å². The predicted molar refractivity (Wildman–Crippen MR) is 124 cm³/mol. The Morgan fingerprint density at radius 3 is 2.58 bits per heavy atom. The van der Waals surface area contributed by atoms with Gasteiger partial charge in [-0.3, -0.25) is 0 Å². The normalized spacial score (nSPS) is 26.3. The fourth-order valence-corrected chi connectivity index (χ4v) is 4.35. The minimum absolute atomic E-state index is 0.0297. The van der Waals surface area contributed by atoms with E-state index in [1.54, 1.807) is 12.1 Å². The molecule has 5 rings (SSSR count). The number of fused-ring (bicyclic) bond motifs is 2. The molecule has 2 aliphatic rings. The molecular formula is C25H28O11. The van der Waals surface area contributed by atoms with E-state index in [9.17, 15) is 25.5 Å². The van der Waals surface area contributed by atoms with Crippen molar-refractivity contribution in [1.82, 2.24) is 0 Å². The van der Waals surface area contributed by atoms with Crippen LogP contribution in [0.25, 0.3) is 22.3 Å². The van der Waals surface area contributed by atoms with Crippen LogP contribution < -0.4 is 14.2 Å². The molecule has 0 bridgehead atoms. The summed E-state index contributed by atoms with van der Waals surface area (Å²) in [4.78, 5) is 0. The van der Waals surface area contributed by atoms with Crippen LogP contribution >= 0.6 is 0 Å². The number of methoxy groups -OCH3 is 1. The Morgan fingerprint density at radius 2 is 1.81 bits per heavy atom. The Bertz CT molecular complexity index is 1210. The van der Waals surface area contributed by atoms with Gasteiger partial charge in [-0.05, 0) is 42.0 Å². The second-order valence-corrected chi connectivity index (χ2v) is 8.69. The third-order valence-corrected chi connectivity index (χ3v) is 6.39. The van der Waals surface area contributed by atoms with Crippen LogP contribution in [0.2, 0.25) is 0 Å². The molecule has 0 spiro atoms. The van der Waals surface area contributed by atoms with Gasteiger partial charge in [-0.1, -0.05) is 0 Å². The van der Waals surface area contributed by atoms with Gasteiger partial charge in [-0.25, -0.2) is 0 Å². The van der Waals surface area contributed by atoms with Crippen molar-refractivity contribution in [3.8, 4) is 28.6 Å². The molecule has 11 nitrogen and oxygen atoms in total. The SMILES string of the molecule is COc1cc([C@H](O)CCO[C@@H]2O[C@@H](CO)[C@@H](O)[C@@H](O)[C@@H]2O)cc2cc(-c3ccc4c(c3)OCO4)oc12. The summed E-state index contributed by atoms with van der Waals surface area (Å²) in [5.74, 6) is 2.35. The molecule has 0 saturated carbocycles. The van der Waals surface area contributed by atoms with E-state index >= 15 is 0 Å². The number of benzene rings is 2. The van der Waals surface area contributed by atoms with Gasteiger partial charge in [0.2, 0.25) is 6.79 Å². The maximum atomic E-state index is 10.8. The molecule has 1 saturated heterocycles. The molecule has 5 N–H and O–H groups in total. The summed E-state index contributed by atoms with van der Waals surface area (Å²) in [6.07, 6.45) is -7.64. The molecule has 0 aliphatic carbocycles. The average Bonchev–Trinajstić information content (AvgIpc) is 3.54. The number of hydrogen-bond acceptors (Lipinski definition) is 11. The van der Waals surface area contributed by atoms with Gasteiger partial charge in [0.1, 0.15) is 30.2 Å². The van der Waals surface area contributed by atoms with Crippen LogP contribution in [0.3, 0.4) is 0 Å². The van der Waals surface area contributed by atoms with E-state index in [1.165, 1.54) is 7.11 Å². The van der Waals surface area contributed by atoms with Crippen molar-refractivity contribution in [1.29, 1.82) is 0 Å². The Hall–Kier alpha value is -2.90. The minimum atomic E-state index is -1.53. The smallest absolute Gasteiger partial charge is 0.231 e. The summed E-state index contributed by atoms with van der Waals surface area (Å²) in [6.45, 7) is -0.404. The summed E-state index contributed by atoms with van der Waals surface area (Å²) in [5, 5.41) is 50.7. The van der Waals surface area contributed by atoms with Gasteiger partial charge in [-0.15, -0.1) is 0 Å². The third kappa shape index (κ3) is 4.62. The van der Waals surface area contributed by atoms with Crippen molar-refractivity contribution in [2.24, 2.45) is 0 Å². The van der Waals surface area contributed by atoms with Gasteiger partial charge in [-0.2, -0.15) is 0 Å². The van der Waals surface area contributed by atoms with Crippen LogP contribution in [0, 0.1) is 0 Å². The molecule has 36 heavy (non-hydrogen) atoms. The van der Waals surface area contributed by atoms with Crippen molar-refractivity contribution in [3.63, 3.8) is 0 Å². The largest absolute Gasteiger partial charge is 0.493 e. The zero-order chi connectivity index (χ0) is 25.4. The van der Waals surface area contributed by atoms with Crippen molar-refractivity contribution < 1.29 is 53.6 Å². The first-order valence-electron chi connectivity index (χ1n) is 11.5. The molecular weight excluding hydrogens is 476 g/mol. The van der Waals surface area contributed by atoms with Crippen molar-refractivity contribution in [2.75, 3.05) is 27.1 Å². The molecule has 194 valence electrons. The Kier molecular flexibility index (Phi) is 7.04. The fraction of sp³-hybridized carbons (Fsp3) is 0.440. The highest BCUT2D eigenvalue weighted by Gasteiger charge is 2.44. The van der Waals surface area contributed by atoms with Gasteiger partial charge in [0.05, 0.1) is 26.4 Å². The lowest BCUT2D eigenvalue weighted by Crippen LogP contribution is -2.59. The van der Waals surface area contributed by atoms with E-state index in [-0.39, 0.29) is 19.8 Å². The highest BCUT2D eigenvalue weighted by atomic mass is 16.7. The number of aliphatic hydroxyl groups excluding tert-OH is 5. The van der Waals surface area contributed by atoms with E-state index in [0.717, 1.165) is 10.9 Å². The van der Waals surface area contributed by atoms with Crippen molar-refractivity contribution in [3.05, 3.63) is 42.0 Å². The first kappa shape index (κ1) is 24.8. The molecule has 0 amide bonds. The fourth-order valence-electron chi connectivity index (χ4n) is 4.35. The molecule has 6 atom stereocenters. The molecule has 3 aromatic rings. The van der Waals surface area contributed by atoms with E-state index in [0.29, 0.717) is 34.2 Å². The van der Waals surface area contributed by atoms with Gasteiger partial charge < -0.3 is 53.6 Å². The zero-order valence-electron chi connectivity index (χ0n) is 19.4. The van der Waals surface area contributed by atoms with Crippen LogP contribution in [0.5, 0.6) is 17.2 Å². The van der Waals surface area contributed by atoms with Gasteiger partial charge in [0, 0.05) is 17.4 Å². The molecule has 2 aliphatic heterocycles. The number of ether oxygens (including phenoxy) is 5. The second kappa shape index (κ2) is 10.2. The lowest BCUT2D eigenvalue weighted by atomic mass is 9.99. The molecule has 0 unspecified atom stereocenters.